The highest BCUT2D eigenvalue weighted by Gasteiger charge is 2.43. The summed E-state index contributed by atoms with van der Waals surface area (Å²) in [6.07, 6.45) is 2.55. The van der Waals surface area contributed by atoms with Gasteiger partial charge in [-0.15, -0.1) is 0 Å². The highest BCUT2D eigenvalue weighted by Crippen LogP contribution is 2.39. The number of para-hydroxylation sites is 1. The molecule has 1 atom stereocenters. The molecule has 4 aromatic rings. The number of fused-ring (bicyclic) bond motifs is 1. The maximum absolute atomic E-state index is 13.6. The Morgan fingerprint density at radius 1 is 0.971 bits per heavy atom. The Balaban J connectivity index is 1.52. The second kappa shape index (κ2) is 8.67. The SMILES string of the molecule is Cc1ccc(C2C(C(=O)c3cccc(C)c3)=C(O)C(=O)N2CCc2c[nH]c3ccccc23)cc1. The number of nitrogens with one attached hydrogen (secondary N) is 1. The average Bonchev–Trinajstić information content (AvgIpc) is 3.36. The molecule has 0 aliphatic carbocycles. The molecule has 3 aromatic carbocycles. The van der Waals surface area contributed by atoms with Gasteiger partial charge in [0.2, 0.25) is 0 Å². The number of benzene rings is 3. The summed E-state index contributed by atoms with van der Waals surface area (Å²) in [5.41, 5.74) is 5.55. The van der Waals surface area contributed by atoms with Gasteiger partial charge in [-0.25, -0.2) is 0 Å². The van der Waals surface area contributed by atoms with Gasteiger partial charge in [-0.3, -0.25) is 9.59 Å². The number of carbonyl (C=O) groups is 2. The van der Waals surface area contributed by atoms with Crippen LogP contribution < -0.4 is 0 Å². The van der Waals surface area contributed by atoms with Crippen molar-refractivity contribution in [2.24, 2.45) is 0 Å². The number of ketones is 1. The predicted octanol–water partition coefficient (Wildman–Crippen LogP) is 5.61. The Morgan fingerprint density at radius 3 is 2.50 bits per heavy atom. The molecule has 0 fully saturated rings. The second-order valence-electron chi connectivity index (χ2n) is 8.88. The van der Waals surface area contributed by atoms with Gasteiger partial charge in [0.05, 0.1) is 11.6 Å². The highest BCUT2D eigenvalue weighted by atomic mass is 16.3. The molecule has 1 aromatic heterocycles. The fourth-order valence-electron chi connectivity index (χ4n) is 4.73. The van der Waals surface area contributed by atoms with Crippen molar-refractivity contribution in [1.29, 1.82) is 0 Å². The summed E-state index contributed by atoms with van der Waals surface area (Å²) < 4.78 is 0. The van der Waals surface area contributed by atoms with Crippen LogP contribution in [0.1, 0.15) is 38.7 Å². The average molecular weight is 451 g/mol. The summed E-state index contributed by atoms with van der Waals surface area (Å²) in [5, 5.41) is 12.0. The molecule has 0 saturated carbocycles. The van der Waals surface area contributed by atoms with Crippen LogP contribution in [0.3, 0.4) is 0 Å². The Hall–Kier alpha value is -4.12. The largest absolute Gasteiger partial charge is 0.503 e. The van der Waals surface area contributed by atoms with Crippen LogP contribution in [-0.4, -0.2) is 33.2 Å². The minimum Gasteiger partial charge on any atom is -0.503 e. The minimum atomic E-state index is -0.647. The number of aliphatic hydroxyl groups is 1. The monoisotopic (exact) mass is 450 g/mol. The van der Waals surface area contributed by atoms with E-state index < -0.39 is 17.7 Å². The number of aromatic amines is 1. The molecule has 0 radical (unpaired) electrons. The highest BCUT2D eigenvalue weighted by molar-refractivity contribution is 6.16. The van der Waals surface area contributed by atoms with Crippen molar-refractivity contribution in [2.45, 2.75) is 26.3 Å². The Morgan fingerprint density at radius 2 is 1.74 bits per heavy atom. The van der Waals surface area contributed by atoms with Crippen molar-refractivity contribution < 1.29 is 14.7 Å². The Kier molecular flexibility index (Phi) is 5.54. The zero-order valence-electron chi connectivity index (χ0n) is 19.2. The van der Waals surface area contributed by atoms with Crippen LogP contribution in [0.25, 0.3) is 10.9 Å². The van der Waals surface area contributed by atoms with Gasteiger partial charge in [0.15, 0.2) is 11.5 Å². The van der Waals surface area contributed by atoms with Crippen LogP contribution in [-0.2, 0) is 11.2 Å². The van der Waals surface area contributed by atoms with Crippen molar-refractivity contribution in [1.82, 2.24) is 9.88 Å². The maximum Gasteiger partial charge on any atom is 0.290 e. The second-order valence-corrected chi connectivity index (χ2v) is 8.88. The number of hydrogen-bond acceptors (Lipinski definition) is 3. The smallest absolute Gasteiger partial charge is 0.290 e. The molecule has 5 heteroatoms. The minimum absolute atomic E-state index is 0.137. The van der Waals surface area contributed by atoms with Gasteiger partial charge in [0, 0.05) is 29.2 Å². The van der Waals surface area contributed by atoms with E-state index >= 15 is 0 Å². The predicted molar refractivity (Wildman–Crippen MR) is 133 cm³/mol. The van der Waals surface area contributed by atoms with E-state index in [2.05, 4.69) is 4.98 Å². The quantitative estimate of drug-likeness (QED) is 0.375. The summed E-state index contributed by atoms with van der Waals surface area (Å²) in [6, 6.07) is 22.4. The molecule has 1 amide bonds. The molecule has 0 spiro atoms. The van der Waals surface area contributed by atoms with E-state index in [-0.39, 0.29) is 11.4 Å². The van der Waals surface area contributed by atoms with Crippen LogP contribution in [0.4, 0.5) is 0 Å². The van der Waals surface area contributed by atoms with Gasteiger partial charge in [0.25, 0.3) is 5.91 Å². The van der Waals surface area contributed by atoms with E-state index in [4.69, 9.17) is 0 Å². The van der Waals surface area contributed by atoms with Crippen molar-refractivity contribution in [3.05, 3.63) is 118 Å². The fraction of sp³-hybridized carbons (Fsp3) is 0.172. The van der Waals surface area contributed by atoms with Crippen LogP contribution >= 0.6 is 0 Å². The Labute approximate surface area is 198 Å². The van der Waals surface area contributed by atoms with Gasteiger partial charge in [-0.1, -0.05) is 71.8 Å². The zero-order valence-corrected chi connectivity index (χ0v) is 19.2. The molecular formula is C29H26N2O3. The lowest BCUT2D eigenvalue weighted by molar-refractivity contribution is -0.129. The molecule has 1 aliphatic rings. The molecule has 0 bridgehead atoms. The van der Waals surface area contributed by atoms with Crippen molar-refractivity contribution in [3.8, 4) is 0 Å². The molecule has 2 N–H and O–H groups in total. The number of hydrogen-bond donors (Lipinski definition) is 2. The van der Waals surface area contributed by atoms with E-state index in [1.165, 1.54) is 0 Å². The summed E-state index contributed by atoms with van der Waals surface area (Å²) in [6.45, 7) is 4.27. The number of Topliss-reactive ketones (excluding diaryl/α,β-unsaturated/α-hetero) is 1. The Bertz CT molecular complexity index is 1430. The van der Waals surface area contributed by atoms with Gasteiger partial charge in [-0.05, 0) is 43.5 Å². The van der Waals surface area contributed by atoms with Gasteiger partial charge in [-0.2, -0.15) is 0 Å². The van der Waals surface area contributed by atoms with E-state index in [0.717, 1.165) is 33.2 Å². The first-order valence-corrected chi connectivity index (χ1v) is 11.4. The molecule has 34 heavy (non-hydrogen) atoms. The number of carbonyl (C=O) groups excluding carboxylic acids is 2. The first-order valence-electron chi connectivity index (χ1n) is 11.4. The summed E-state index contributed by atoms with van der Waals surface area (Å²) in [7, 11) is 0. The number of amides is 1. The van der Waals surface area contributed by atoms with Crippen LogP contribution in [0.2, 0.25) is 0 Å². The van der Waals surface area contributed by atoms with E-state index in [9.17, 15) is 14.7 Å². The molecule has 1 unspecified atom stereocenters. The number of H-pyrrole nitrogens is 1. The molecular weight excluding hydrogens is 424 g/mol. The topological polar surface area (TPSA) is 73.4 Å². The summed E-state index contributed by atoms with van der Waals surface area (Å²) >= 11 is 0. The van der Waals surface area contributed by atoms with Crippen molar-refractivity contribution >= 4 is 22.6 Å². The van der Waals surface area contributed by atoms with Gasteiger partial charge < -0.3 is 15.0 Å². The first-order chi connectivity index (χ1) is 16.4. The molecule has 0 saturated heterocycles. The lowest BCUT2D eigenvalue weighted by Crippen LogP contribution is -2.33. The van der Waals surface area contributed by atoms with Gasteiger partial charge in [0.1, 0.15) is 0 Å². The van der Waals surface area contributed by atoms with E-state index in [0.29, 0.717) is 18.5 Å². The number of rotatable bonds is 6. The number of aromatic nitrogens is 1. The molecule has 5 nitrogen and oxygen atoms in total. The lowest BCUT2D eigenvalue weighted by Gasteiger charge is -2.27. The molecule has 170 valence electrons. The van der Waals surface area contributed by atoms with Crippen LogP contribution in [0, 0.1) is 13.8 Å². The zero-order chi connectivity index (χ0) is 23.8. The molecule has 1 aliphatic heterocycles. The molecule has 5 rings (SSSR count). The van der Waals surface area contributed by atoms with E-state index in [1.807, 2.05) is 80.7 Å². The van der Waals surface area contributed by atoms with E-state index in [1.54, 1.807) is 17.0 Å². The number of aliphatic hydroxyl groups excluding tert-OH is 1. The third kappa shape index (κ3) is 3.79. The normalized spacial score (nSPS) is 16.0. The summed E-state index contributed by atoms with van der Waals surface area (Å²) in [5.74, 6) is -1.30. The first kappa shape index (κ1) is 21.7. The number of nitrogens with zero attached hydrogens (tertiary/aromatic N) is 1. The van der Waals surface area contributed by atoms with Gasteiger partial charge >= 0.3 is 0 Å². The van der Waals surface area contributed by atoms with Crippen LogP contribution in [0.5, 0.6) is 0 Å². The van der Waals surface area contributed by atoms with Crippen molar-refractivity contribution in [3.63, 3.8) is 0 Å². The third-order valence-electron chi connectivity index (χ3n) is 6.52. The molecule has 2 heterocycles. The lowest BCUT2D eigenvalue weighted by atomic mass is 9.92. The van der Waals surface area contributed by atoms with Crippen LogP contribution in [0.15, 0.2) is 90.3 Å². The van der Waals surface area contributed by atoms with Crippen molar-refractivity contribution in [2.75, 3.05) is 6.54 Å². The number of aryl methyl sites for hydroxylation is 2. The summed E-state index contributed by atoms with van der Waals surface area (Å²) in [4.78, 5) is 31.7. The standard InChI is InChI=1S/C29H26N2O3/c1-18-10-12-20(13-11-18)26-25(27(32)21-7-5-6-19(2)16-21)28(33)29(34)31(26)15-14-22-17-30-24-9-4-3-8-23(22)24/h3-13,16-17,26,30,33H,14-15H2,1-2H3. The third-order valence-corrected chi connectivity index (χ3v) is 6.52. The fourth-order valence-corrected chi connectivity index (χ4v) is 4.73. The maximum atomic E-state index is 13.6.